The van der Waals surface area contributed by atoms with Gasteiger partial charge in [-0.25, -0.2) is 0 Å². The summed E-state index contributed by atoms with van der Waals surface area (Å²) < 4.78 is 7.09. The predicted octanol–water partition coefficient (Wildman–Crippen LogP) is 6.46. The Bertz CT molecular complexity index is 982. The number of halogens is 2. The van der Waals surface area contributed by atoms with Gasteiger partial charge in [-0.15, -0.1) is 11.8 Å². The molecule has 0 spiro atoms. The average molecular weight is 475 g/mol. The molecule has 1 saturated heterocycles. The molecule has 142 valence electrons. The van der Waals surface area contributed by atoms with Gasteiger partial charge in [0.05, 0.1) is 5.75 Å². The molecule has 1 heterocycles. The number of nitrogens with zero attached hydrogens (tertiary/aromatic N) is 1. The maximum Gasteiger partial charge on any atom is 0.238 e. The van der Waals surface area contributed by atoms with E-state index in [1.807, 2.05) is 65.6 Å². The lowest BCUT2D eigenvalue weighted by molar-refractivity contribution is -0.115. The Morgan fingerprint density at radius 1 is 1.07 bits per heavy atom. The van der Waals surface area contributed by atoms with E-state index in [1.165, 1.54) is 0 Å². The van der Waals surface area contributed by atoms with Crippen LogP contribution in [-0.4, -0.2) is 11.7 Å². The fraction of sp³-hybridized carbons (Fsp3) is 0.136. The van der Waals surface area contributed by atoms with Crippen molar-refractivity contribution in [1.82, 2.24) is 0 Å². The molecule has 1 aliphatic heterocycles. The Morgan fingerprint density at radius 3 is 2.57 bits per heavy atom. The van der Waals surface area contributed by atoms with Crippen LogP contribution in [0.15, 0.2) is 77.3 Å². The number of amides is 1. The van der Waals surface area contributed by atoms with E-state index in [2.05, 4.69) is 15.9 Å². The van der Waals surface area contributed by atoms with Crippen molar-refractivity contribution in [3.63, 3.8) is 0 Å². The van der Waals surface area contributed by atoms with Gasteiger partial charge >= 0.3 is 0 Å². The number of rotatable bonds is 5. The molecular weight excluding hydrogens is 458 g/mol. The molecular formula is C22H17BrClNO2S. The van der Waals surface area contributed by atoms with Crippen LogP contribution >= 0.6 is 39.3 Å². The van der Waals surface area contributed by atoms with Gasteiger partial charge in [0.1, 0.15) is 17.7 Å². The van der Waals surface area contributed by atoms with Gasteiger partial charge in [0.15, 0.2) is 0 Å². The van der Waals surface area contributed by atoms with Gasteiger partial charge in [0.2, 0.25) is 5.91 Å². The predicted molar refractivity (Wildman–Crippen MR) is 119 cm³/mol. The molecule has 0 bridgehead atoms. The monoisotopic (exact) mass is 473 g/mol. The molecule has 0 aliphatic carbocycles. The minimum absolute atomic E-state index is 0.0753. The largest absolute Gasteiger partial charge is 0.489 e. The highest BCUT2D eigenvalue weighted by Gasteiger charge is 2.35. The molecule has 0 unspecified atom stereocenters. The SMILES string of the molecule is O=C1CS[C@H](c2cc(Br)ccc2OCc2ccccc2)N1c1ccc(Cl)cc1. The van der Waals surface area contributed by atoms with Crippen molar-refractivity contribution in [1.29, 1.82) is 0 Å². The van der Waals surface area contributed by atoms with Crippen LogP contribution in [-0.2, 0) is 11.4 Å². The van der Waals surface area contributed by atoms with E-state index in [9.17, 15) is 4.79 Å². The second kappa shape index (κ2) is 8.60. The van der Waals surface area contributed by atoms with Crippen LogP contribution in [0.1, 0.15) is 16.5 Å². The van der Waals surface area contributed by atoms with E-state index >= 15 is 0 Å². The van der Waals surface area contributed by atoms with Crippen LogP contribution in [0.25, 0.3) is 0 Å². The smallest absolute Gasteiger partial charge is 0.238 e. The number of anilines is 1. The molecule has 1 amide bonds. The van der Waals surface area contributed by atoms with Crippen LogP contribution in [0, 0.1) is 0 Å². The van der Waals surface area contributed by atoms with Gasteiger partial charge in [-0.3, -0.25) is 9.69 Å². The molecule has 0 saturated carbocycles. The third kappa shape index (κ3) is 4.22. The maximum atomic E-state index is 12.6. The summed E-state index contributed by atoms with van der Waals surface area (Å²) in [6.45, 7) is 0.474. The Kier molecular flexibility index (Phi) is 5.95. The normalized spacial score (nSPS) is 16.4. The number of benzene rings is 3. The average Bonchev–Trinajstić information content (AvgIpc) is 3.10. The van der Waals surface area contributed by atoms with Gasteiger partial charge in [-0.2, -0.15) is 0 Å². The zero-order chi connectivity index (χ0) is 19.5. The van der Waals surface area contributed by atoms with E-state index in [1.54, 1.807) is 23.9 Å². The second-order valence-electron chi connectivity index (χ2n) is 6.36. The van der Waals surface area contributed by atoms with Gasteiger partial charge in [-0.05, 0) is 48.0 Å². The first kappa shape index (κ1) is 19.4. The van der Waals surface area contributed by atoms with Gasteiger partial charge in [-0.1, -0.05) is 57.9 Å². The first-order chi connectivity index (χ1) is 13.6. The molecule has 1 aliphatic rings. The standard InChI is InChI=1S/C22H17BrClNO2S/c23-16-6-11-20(27-13-15-4-2-1-3-5-15)19(12-16)22-25(21(26)14-28-22)18-9-7-17(24)8-10-18/h1-12,22H,13-14H2/t22-/m1/s1. The summed E-state index contributed by atoms with van der Waals surface area (Å²) in [5.41, 5.74) is 2.90. The molecule has 6 heteroatoms. The van der Waals surface area contributed by atoms with Crippen molar-refractivity contribution in [2.24, 2.45) is 0 Å². The Morgan fingerprint density at radius 2 is 1.82 bits per heavy atom. The molecule has 4 rings (SSSR count). The highest BCUT2D eigenvalue weighted by Crippen LogP contribution is 2.45. The summed E-state index contributed by atoms with van der Waals surface area (Å²) in [6, 6.07) is 23.3. The van der Waals surface area contributed by atoms with Crippen LogP contribution < -0.4 is 9.64 Å². The molecule has 3 aromatic carbocycles. The molecule has 0 radical (unpaired) electrons. The van der Waals surface area contributed by atoms with Gasteiger partial charge < -0.3 is 4.74 Å². The van der Waals surface area contributed by atoms with Crippen molar-refractivity contribution >= 4 is 50.9 Å². The fourth-order valence-electron chi connectivity index (χ4n) is 3.11. The lowest BCUT2D eigenvalue weighted by Gasteiger charge is -2.26. The second-order valence-corrected chi connectivity index (χ2v) is 8.78. The molecule has 0 aromatic heterocycles. The molecule has 3 aromatic rings. The number of ether oxygens (including phenoxy) is 1. The summed E-state index contributed by atoms with van der Waals surface area (Å²) in [7, 11) is 0. The Labute approximate surface area is 181 Å². The van der Waals surface area contributed by atoms with Crippen molar-refractivity contribution < 1.29 is 9.53 Å². The number of thioether (sulfide) groups is 1. The highest BCUT2D eigenvalue weighted by molar-refractivity contribution is 9.10. The number of carbonyl (C=O) groups excluding carboxylic acids is 1. The number of hydrogen-bond donors (Lipinski definition) is 0. The van der Waals surface area contributed by atoms with Gasteiger partial charge in [0.25, 0.3) is 0 Å². The first-order valence-electron chi connectivity index (χ1n) is 8.77. The summed E-state index contributed by atoms with van der Waals surface area (Å²) >= 11 is 11.2. The zero-order valence-corrected chi connectivity index (χ0v) is 18.0. The summed E-state index contributed by atoms with van der Waals surface area (Å²) in [6.07, 6.45) is 0. The number of hydrogen-bond acceptors (Lipinski definition) is 3. The fourth-order valence-corrected chi connectivity index (χ4v) is 4.81. The lowest BCUT2D eigenvalue weighted by atomic mass is 10.1. The van der Waals surface area contributed by atoms with Crippen LogP contribution in [0.3, 0.4) is 0 Å². The zero-order valence-electron chi connectivity index (χ0n) is 14.8. The minimum atomic E-state index is -0.156. The van der Waals surface area contributed by atoms with E-state index < -0.39 is 0 Å². The van der Waals surface area contributed by atoms with Crippen LogP contribution in [0.4, 0.5) is 5.69 Å². The summed E-state index contributed by atoms with van der Waals surface area (Å²) in [4.78, 5) is 14.5. The van der Waals surface area contributed by atoms with E-state index in [4.69, 9.17) is 16.3 Å². The number of carbonyl (C=O) groups is 1. The quantitative estimate of drug-likeness (QED) is 0.425. The molecule has 0 N–H and O–H groups in total. The van der Waals surface area contributed by atoms with Crippen molar-refractivity contribution in [3.8, 4) is 5.75 Å². The third-order valence-electron chi connectivity index (χ3n) is 4.45. The van der Waals surface area contributed by atoms with Crippen molar-refractivity contribution in [2.45, 2.75) is 12.0 Å². The highest BCUT2D eigenvalue weighted by atomic mass is 79.9. The molecule has 1 atom stereocenters. The summed E-state index contributed by atoms with van der Waals surface area (Å²) in [5.74, 6) is 1.28. The first-order valence-corrected chi connectivity index (χ1v) is 11.0. The van der Waals surface area contributed by atoms with E-state index in [0.717, 1.165) is 27.0 Å². The summed E-state index contributed by atoms with van der Waals surface area (Å²) in [5, 5.41) is 0.492. The lowest BCUT2D eigenvalue weighted by Crippen LogP contribution is -2.28. The third-order valence-corrected chi connectivity index (χ3v) is 6.39. The Balaban J connectivity index is 1.65. The van der Waals surface area contributed by atoms with Gasteiger partial charge in [0, 0.05) is 20.7 Å². The van der Waals surface area contributed by atoms with Crippen LogP contribution in [0.2, 0.25) is 5.02 Å². The van der Waals surface area contributed by atoms with E-state index in [0.29, 0.717) is 17.4 Å². The van der Waals surface area contributed by atoms with Crippen molar-refractivity contribution in [3.05, 3.63) is 93.4 Å². The molecule has 1 fully saturated rings. The topological polar surface area (TPSA) is 29.5 Å². The van der Waals surface area contributed by atoms with Crippen LogP contribution in [0.5, 0.6) is 5.75 Å². The molecule has 3 nitrogen and oxygen atoms in total. The van der Waals surface area contributed by atoms with E-state index in [-0.39, 0.29) is 11.3 Å². The van der Waals surface area contributed by atoms with Crippen molar-refractivity contribution in [2.75, 3.05) is 10.7 Å². The Hall–Kier alpha value is -1.95. The minimum Gasteiger partial charge on any atom is -0.489 e. The maximum absolute atomic E-state index is 12.6. The molecule has 28 heavy (non-hydrogen) atoms.